The minimum absolute atomic E-state index is 0.124. The molecule has 25 heavy (non-hydrogen) atoms. The Morgan fingerprint density at radius 1 is 1.44 bits per heavy atom. The summed E-state index contributed by atoms with van der Waals surface area (Å²) in [5.41, 5.74) is 0.0707. The van der Waals surface area contributed by atoms with Crippen molar-refractivity contribution in [3.8, 4) is 0 Å². The molecule has 1 aromatic carbocycles. The van der Waals surface area contributed by atoms with Crippen molar-refractivity contribution < 1.29 is 9.72 Å². The second kappa shape index (κ2) is 7.22. The lowest BCUT2D eigenvalue weighted by Gasteiger charge is -2.12. The van der Waals surface area contributed by atoms with Gasteiger partial charge in [-0.15, -0.1) is 10.2 Å². The molecule has 0 aliphatic heterocycles. The number of hydrogen-bond donors (Lipinski definition) is 1. The second-order valence-corrected chi connectivity index (χ2v) is 7.19. The van der Waals surface area contributed by atoms with Crippen molar-refractivity contribution >= 4 is 29.0 Å². The average molecular weight is 361 g/mol. The van der Waals surface area contributed by atoms with Crippen LogP contribution in [0.25, 0.3) is 0 Å². The summed E-state index contributed by atoms with van der Waals surface area (Å²) >= 11 is 1.31. The highest BCUT2D eigenvalue weighted by atomic mass is 32.2. The Morgan fingerprint density at radius 3 is 2.80 bits per heavy atom. The predicted molar refractivity (Wildman–Crippen MR) is 94.7 cm³/mol. The highest BCUT2D eigenvalue weighted by Crippen LogP contribution is 2.40. The van der Waals surface area contributed by atoms with E-state index >= 15 is 0 Å². The molecule has 1 fully saturated rings. The van der Waals surface area contributed by atoms with Gasteiger partial charge < -0.3 is 9.88 Å². The van der Waals surface area contributed by atoms with Gasteiger partial charge in [0.15, 0.2) is 5.16 Å². The molecule has 1 atom stereocenters. The Morgan fingerprint density at radius 2 is 2.16 bits per heavy atom. The van der Waals surface area contributed by atoms with E-state index in [-0.39, 0.29) is 17.3 Å². The minimum Gasteiger partial charge on any atom is -0.319 e. The van der Waals surface area contributed by atoms with E-state index in [0.717, 1.165) is 25.2 Å². The molecule has 1 aliphatic rings. The first-order chi connectivity index (χ1) is 12.0. The molecule has 0 radical (unpaired) electrons. The normalized spacial score (nSPS) is 15.0. The summed E-state index contributed by atoms with van der Waals surface area (Å²) in [4.78, 5) is 23.0. The standard InChI is InChI=1S/C16H19N5O3S/c1-3-20-14(11-8-9-11)18-19-16(20)25-10(2)15(22)17-12-6-4-5-7-13(12)21(23)24/h4-7,10-11H,3,8-9H2,1-2H3,(H,17,22)/t10-/m1/s1. The SMILES string of the molecule is CCn1c(S[C@H](C)C(=O)Nc2ccccc2[N+](=O)[O-])nnc1C1CC1. The van der Waals surface area contributed by atoms with Crippen LogP contribution in [0, 0.1) is 10.1 Å². The van der Waals surface area contributed by atoms with Gasteiger partial charge in [0.05, 0.1) is 10.2 Å². The first-order valence-corrected chi connectivity index (χ1v) is 9.03. The van der Waals surface area contributed by atoms with Gasteiger partial charge in [-0.05, 0) is 32.8 Å². The molecular formula is C16H19N5O3S. The largest absolute Gasteiger partial charge is 0.319 e. The minimum atomic E-state index is -0.511. The average Bonchev–Trinajstić information content (AvgIpc) is 3.36. The molecule has 0 spiro atoms. The number of carbonyl (C=O) groups is 1. The zero-order chi connectivity index (χ0) is 18.0. The van der Waals surface area contributed by atoms with Crippen molar-refractivity contribution in [3.05, 3.63) is 40.2 Å². The summed E-state index contributed by atoms with van der Waals surface area (Å²) in [7, 11) is 0. The van der Waals surface area contributed by atoms with E-state index in [1.807, 2.05) is 11.5 Å². The van der Waals surface area contributed by atoms with Crippen molar-refractivity contribution in [2.24, 2.45) is 0 Å². The summed E-state index contributed by atoms with van der Waals surface area (Å²) < 4.78 is 2.04. The number of benzene rings is 1. The lowest BCUT2D eigenvalue weighted by molar-refractivity contribution is -0.383. The Labute approximate surface area is 149 Å². The zero-order valence-electron chi connectivity index (χ0n) is 14.0. The van der Waals surface area contributed by atoms with Crippen LogP contribution >= 0.6 is 11.8 Å². The van der Waals surface area contributed by atoms with Crippen molar-refractivity contribution in [1.82, 2.24) is 14.8 Å². The van der Waals surface area contributed by atoms with Crippen LogP contribution in [0.2, 0.25) is 0 Å². The van der Waals surface area contributed by atoms with Crippen LogP contribution in [0.1, 0.15) is 38.4 Å². The van der Waals surface area contributed by atoms with Crippen LogP contribution < -0.4 is 5.32 Å². The fourth-order valence-corrected chi connectivity index (χ4v) is 3.43. The maximum absolute atomic E-state index is 12.4. The highest BCUT2D eigenvalue weighted by molar-refractivity contribution is 8.00. The summed E-state index contributed by atoms with van der Waals surface area (Å²) in [5, 5.41) is 22.4. The number of amides is 1. The maximum Gasteiger partial charge on any atom is 0.292 e. The molecule has 1 N–H and O–H groups in total. The van der Waals surface area contributed by atoms with Crippen LogP contribution in [0.4, 0.5) is 11.4 Å². The maximum atomic E-state index is 12.4. The van der Waals surface area contributed by atoms with Crippen LogP contribution in [0.3, 0.4) is 0 Å². The number of hydrogen-bond acceptors (Lipinski definition) is 6. The van der Waals surface area contributed by atoms with E-state index in [2.05, 4.69) is 15.5 Å². The number of thioether (sulfide) groups is 1. The molecule has 0 unspecified atom stereocenters. The van der Waals surface area contributed by atoms with Gasteiger partial charge in [-0.25, -0.2) is 0 Å². The molecule has 3 rings (SSSR count). The number of nitro groups is 1. The van der Waals surface area contributed by atoms with Crippen LogP contribution in [-0.2, 0) is 11.3 Å². The molecule has 0 saturated heterocycles. The Hall–Kier alpha value is -2.42. The Balaban J connectivity index is 1.70. The van der Waals surface area contributed by atoms with Crippen molar-refractivity contribution in [2.45, 2.75) is 49.6 Å². The molecule has 1 heterocycles. The highest BCUT2D eigenvalue weighted by Gasteiger charge is 2.31. The van der Waals surface area contributed by atoms with E-state index in [0.29, 0.717) is 11.1 Å². The summed E-state index contributed by atoms with van der Waals surface area (Å²) in [6, 6.07) is 6.10. The van der Waals surface area contributed by atoms with Crippen LogP contribution in [-0.4, -0.2) is 30.8 Å². The number of carbonyl (C=O) groups excluding carboxylic acids is 1. The number of anilines is 1. The lowest BCUT2D eigenvalue weighted by atomic mass is 10.2. The first kappa shape index (κ1) is 17.4. The number of rotatable bonds is 7. The van der Waals surface area contributed by atoms with Gasteiger partial charge in [0.1, 0.15) is 11.5 Å². The molecule has 9 heteroatoms. The molecule has 1 saturated carbocycles. The third kappa shape index (κ3) is 3.81. The smallest absolute Gasteiger partial charge is 0.292 e. The summed E-state index contributed by atoms with van der Waals surface area (Å²) in [5.74, 6) is 1.16. The molecule has 0 bridgehead atoms. The second-order valence-electron chi connectivity index (χ2n) is 5.88. The van der Waals surface area contributed by atoms with Gasteiger partial charge in [0.2, 0.25) is 5.91 Å². The molecule has 132 valence electrons. The molecule has 1 aliphatic carbocycles. The molecular weight excluding hydrogens is 342 g/mol. The van der Waals surface area contributed by atoms with E-state index in [1.54, 1.807) is 19.1 Å². The van der Waals surface area contributed by atoms with E-state index in [9.17, 15) is 14.9 Å². The van der Waals surface area contributed by atoms with Crippen molar-refractivity contribution in [2.75, 3.05) is 5.32 Å². The fraction of sp³-hybridized carbons (Fsp3) is 0.438. The summed E-state index contributed by atoms with van der Waals surface area (Å²) in [6.07, 6.45) is 2.27. The lowest BCUT2D eigenvalue weighted by Crippen LogP contribution is -2.23. The third-order valence-electron chi connectivity index (χ3n) is 4.01. The van der Waals surface area contributed by atoms with E-state index < -0.39 is 10.2 Å². The number of nitrogens with zero attached hydrogens (tertiary/aromatic N) is 4. The number of nitrogens with one attached hydrogen (secondary N) is 1. The number of nitro benzene ring substituents is 1. The molecule has 1 aromatic heterocycles. The van der Waals surface area contributed by atoms with Crippen LogP contribution in [0.5, 0.6) is 0 Å². The third-order valence-corrected chi connectivity index (χ3v) is 5.09. The van der Waals surface area contributed by atoms with Gasteiger partial charge in [-0.1, -0.05) is 23.9 Å². The topological polar surface area (TPSA) is 103 Å². The first-order valence-electron chi connectivity index (χ1n) is 8.15. The quantitative estimate of drug-likeness (QED) is 0.461. The Bertz CT molecular complexity index is 803. The summed E-state index contributed by atoms with van der Waals surface area (Å²) in [6.45, 7) is 4.53. The molecule has 1 amide bonds. The monoisotopic (exact) mass is 361 g/mol. The molecule has 8 nitrogen and oxygen atoms in total. The zero-order valence-corrected chi connectivity index (χ0v) is 14.8. The Kier molecular flexibility index (Phi) is 5.03. The van der Waals surface area contributed by atoms with Gasteiger partial charge in [0, 0.05) is 18.5 Å². The van der Waals surface area contributed by atoms with Crippen LogP contribution in [0.15, 0.2) is 29.4 Å². The van der Waals surface area contributed by atoms with Gasteiger partial charge in [0.25, 0.3) is 5.69 Å². The number of aromatic nitrogens is 3. The van der Waals surface area contributed by atoms with E-state index in [4.69, 9.17) is 0 Å². The number of para-hydroxylation sites is 2. The fourth-order valence-electron chi connectivity index (χ4n) is 2.51. The van der Waals surface area contributed by atoms with Crippen molar-refractivity contribution in [3.63, 3.8) is 0 Å². The van der Waals surface area contributed by atoms with Gasteiger partial charge in [-0.2, -0.15) is 0 Å². The molecule has 2 aromatic rings. The van der Waals surface area contributed by atoms with E-state index in [1.165, 1.54) is 23.9 Å². The van der Waals surface area contributed by atoms with Gasteiger partial charge in [-0.3, -0.25) is 14.9 Å². The van der Waals surface area contributed by atoms with Crippen molar-refractivity contribution in [1.29, 1.82) is 0 Å². The van der Waals surface area contributed by atoms with Gasteiger partial charge >= 0.3 is 0 Å². The predicted octanol–water partition coefficient (Wildman–Crippen LogP) is 3.20.